The van der Waals surface area contributed by atoms with E-state index in [-0.39, 0.29) is 5.78 Å². The van der Waals surface area contributed by atoms with Gasteiger partial charge in [0.1, 0.15) is 0 Å². The van der Waals surface area contributed by atoms with Gasteiger partial charge in [-0.15, -0.1) is 0 Å². The average Bonchev–Trinajstić information content (AvgIpc) is 2.75. The summed E-state index contributed by atoms with van der Waals surface area (Å²) < 4.78 is 1.10. The average molecular weight is 384 g/mol. The number of hydrogen-bond acceptors (Lipinski definition) is 3. The molecule has 0 bridgehead atoms. The largest absolute Gasteiger partial charge is 0.333 e. The lowest BCUT2D eigenvalue weighted by Crippen LogP contribution is -2.33. The summed E-state index contributed by atoms with van der Waals surface area (Å²) in [6.07, 6.45) is 1.98. The molecule has 0 saturated heterocycles. The van der Waals surface area contributed by atoms with Gasteiger partial charge < -0.3 is 4.98 Å². The Kier molecular flexibility index (Phi) is 5.20. The maximum atomic E-state index is 12.8. The quantitative estimate of drug-likeness (QED) is 0.513. The van der Waals surface area contributed by atoms with Crippen molar-refractivity contribution < 1.29 is 4.79 Å². The van der Waals surface area contributed by atoms with Gasteiger partial charge in [-0.3, -0.25) is 9.59 Å². The lowest BCUT2D eigenvalue weighted by atomic mass is 10.0. The van der Waals surface area contributed by atoms with Gasteiger partial charge in [-0.1, -0.05) is 54.6 Å². The smallest absolute Gasteiger partial charge is 0.306 e. The first-order valence-corrected chi connectivity index (χ1v) is 9.55. The predicted octanol–water partition coefficient (Wildman–Crippen LogP) is 3.88. The molecule has 0 spiro atoms. The van der Waals surface area contributed by atoms with Crippen LogP contribution in [0.4, 0.5) is 0 Å². The number of nitrogens with one attached hydrogen (secondary N) is 1. The third-order valence-corrected chi connectivity index (χ3v) is 4.95. The summed E-state index contributed by atoms with van der Waals surface area (Å²) in [5.74, 6) is -0.00378. The van der Waals surface area contributed by atoms with Gasteiger partial charge in [-0.25, -0.2) is 9.36 Å². The first kappa shape index (κ1) is 18.6. The number of rotatable bonds is 6. The fourth-order valence-corrected chi connectivity index (χ4v) is 3.45. The zero-order chi connectivity index (χ0) is 20.2. The fraction of sp³-hybridized carbons (Fsp3) is 0.125. The van der Waals surface area contributed by atoms with Crippen molar-refractivity contribution >= 4 is 16.7 Å². The highest BCUT2D eigenvalue weighted by atomic mass is 16.2. The summed E-state index contributed by atoms with van der Waals surface area (Å²) in [6, 6.07) is 23.6. The van der Waals surface area contributed by atoms with Gasteiger partial charge >= 0.3 is 5.69 Å². The van der Waals surface area contributed by atoms with Crippen LogP contribution in [0.25, 0.3) is 16.6 Å². The van der Waals surface area contributed by atoms with Gasteiger partial charge in [-0.05, 0) is 42.7 Å². The van der Waals surface area contributed by atoms with Gasteiger partial charge in [-0.2, -0.15) is 0 Å². The van der Waals surface area contributed by atoms with Crippen molar-refractivity contribution in [1.29, 1.82) is 0 Å². The monoisotopic (exact) mass is 384 g/mol. The molecule has 0 fully saturated rings. The van der Waals surface area contributed by atoms with Crippen molar-refractivity contribution in [3.63, 3.8) is 0 Å². The van der Waals surface area contributed by atoms with E-state index in [4.69, 9.17) is 0 Å². The molecule has 0 amide bonds. The molecule has 4 rings (SSSR count). The number of fused-ring (bicyclic) bond motifs is 1. The molecule has 144 valence electrons. The molecule has 0 radical (unpaired) electrons. The molecule has 1 heterocycles. The van der Waals surface area contributed by atoms with Gasteiger partial charge in [0.05, 0.1) is 16.6 Å². The van der Waals surface area contributed by atoms with Gasteiger partial charge in [0.15, 0.2) is 5.78 Å². The second-order valence-corrected chi connectivity index (χ2v) is 6.93. The molecule has 0 aliphatic heterocycles. The summed E-state index contributed by atoms with van der Waals surface area (Å²) in [7, 11) is 0. The molecule has 0 atom stereocenters. The molecule has 0 unspecified atom stereocenters. The standard InChI is InChI=1S/C24H20N2O3/c27-22(13-7-10-17-8-3-1-4-9-17)18-14-15-20-21(16-18)25-24(29)26(23(20)28)19-11-5-2-6-12-19/h1-6,8-9,11-12,14-16H,7,10,13H2,(H,25,29). The number of benzene rings is 3. The Morgan fingerprint density at radius 1 is 0.862 bits per heavy atom. The van der Waals surface area contributed by atoms with Crippen LogP contribution in [-0.4, -0.2) is 15.3 Å². The normalized spacial score (nSPS) is 10.9. The minimum Gasteiger partial charge on any atom is -0.306 e. The number of para-hydroxylation sites is 1. The van der Waals surface area contributed by atoms with E-state index in [1.165, 1.54) is 5.56 Å². The first-order chi connectivity index (χ1) is 14.1. The minimum atomic E-state index is -0.526. The molecule has 1 N–H and O–H groups in total. The van der Waals surface area contributed by atoms with Crippen molar-refractivity contribution in [1.82, 2.24) is 9.55 Å². The molecule has 0 aliphatic rings. The number of aromatic nitrogens is 2. The summed E-state index contributed by atoms with van der Waals surface area (Å²) >= 11 is 0. The van der Waals surface area contributed by atoms with E-state index < -0.39 is 11.2 Å². The Bertz CT molecular complexity index is 1270. The second kappa shape index (κ2) is 8.10. The molecule has 29 heavy (non-hydrogen) atoms. The van der Waals surface area contributed by atoms with E-state index in [0.717, 1.165) is 17.4 Å². The van der Waals surface area contributed by atoms with Crippen molar-refractivity contribution in [2.45, 2.75) is 19.3 Å². The van der Waals surface area contributed by atoms with Crippen LogP contribution in [-0.2, 0) is 6.42 Å². The van der Waals surface area contributed by atoms with Crippen LogP contribution < -0.4 is 11.2 Å². The minimum absolute atomic E-state index is 0.00378. The van der Waals surface area contributed by atoms with Crippen LogP contribution in [0.15, 0.2) is 88.5 Å². The molecule has 0 aliphatic carbocycles. The maximum Gasteiger partial charge on any atom is 0.333 e. The lowest BCUT2D eigenvalue weighted by molar-refractivity contribution is 0.0980. The van der Waals surface area contributed by atoms with Crippen molar-refractivity contribution in [3.05, 3.63) is 111 Å². The third-order valence-electron chi connectivity index (χ3n) is 4.95. The Morgan fingerprint density at radius 3 is 2.28 bits per heavy atom. The Balaban J connectivity index is 1.59. The van der Waals surface area contributed by atoms with Crippen LogP contribution >= 0.6 is 0 Å². The highest BCUT2D eigenvalue weighted by Crippen LogP contribution is 2.14. The van der Waals surface area contributed by atoms with Gasteiger partial charge in [0, 0.05) is 12.0 Å². The zero-order valence-electron chi connectivity index (χ0n) is 15.8. The number of carbonyl (C=O) groups is 1. The number of carbonyl (C=O) groups excluding carboxylic acids is 1. The van der Waals surface area contributed by atoms with Crippen LogP contribution in [0.2, 0.25) is 0 Å². The van der Waals surface area contributed by atoms with Crippen LogP contribution in [0.1, 0.15) is 28.8 Å². The fourth-order valence-electron chi connectivity index (χ4n) is 3.45. The van der Waals surface area contributed by atoms with E-state index in [2.05, 4.69) is 4.98 Å². The highest BCUT2D eigenvalue weighted by Gasteiger charge is 2.12. The van der Waals surface area contributed by atoms with E-state index in [0.29, 0.717) is 28.6 Å². The van der Waals surface area contributed by atoms with Crippen molar-refractivity contribution in [3.8, 4) is 5.69 Å². The van der Waals surface area contributed by atoms with Crippen LogP contribution in [0.3, 0.4) is 0 Å². The molecule has 5 nitrogen and oxygen atoms in total. The van der Waals surface area contributed by atoms with E-state index in [1.54, 1.807) is 42.5 Å². The summed E-state index contributed by atoms with van der Waals surface area (Å²) in [6.45, 7) is 0. The molecule has 0 saturated carbocycles. The highest BCUT2D eigenvalue weighted by molar-refractivity contribution is 5.99. The first-order valence-electron chi connectivity index (χ1n) is 9.55. The second-order valence-electron chi connectivity index (χ2n) is 6.93. The predicted molar refractivity (Wildman–Crippen MR) is 114 cm³/mol. The van der Waals surface area contributed by atoms with E-state index in [9.17, 15) is 14.4 Å². The topological polar surface area (TPSA) is 71.9 Å². The third kappa shape index (κ3) is 3.94. The SMILES string of the molecule is O=C(CCCc1ccccc1)c1ccc2c(=O)n(-c3ccccc3)c(=O)[nH]c2c1. The number of nitrogens with zero attached hydrogens (tertiary/aromatic N) is 1. The Hall–Kier alpha value is -3.73. The molecule has 1 aromatic heterocycles. The zero-order valence-corrected chi connectivity index (χ0v) is 15.8. The van der Waals surface area contributed by atoms with Crippen molar-refractivity contribution in [2.24, 2.45) is 0 Å². The summed E-state index contributed by atoms with van der Waals surface area (Å²) in [4.78, 5) is 40.6. The number of ketones is 1. The number of Topliss-reactive ketones (excluding diaryl/α,β-unsaturated/α-hetero) is 1. The number of hydrogen-bond donors (Lipinski definition) is 1. The molecular weight excluding hydrogens is 364 g/mol. The summed E-state index contributed by atoms with van der Waals surface area (Å²) in [5.41, 5.74) is 1.64. The maximum absolute atomic E-state index is 12.8. The van der Waals surface area contributed by atoms with E-state index >= 15 is 0 Å². The van der Waals surface area contributed by atoms with Crippen LogP contribution in [0.5, 0.6) is 0 Å². The molecular formula is C24H20N2O3. The Morgan fingerprint density at radius 2 is 1.55 bits per heavy atom. The molecule has 5 heteroatoms. The molecule has 4 aromatic rings. The number of aryl methyl sites for hydroxylation is 1. The van der Waals surface area contributed by atoms with Gasteiger partial charge in [0.25, 0.3) is 5.56 Å². The van der Waals surface area contributed by atoms with Gasteiger partial charge in [0.2, 0.25) is 0 Å². The molecule has 3 aromatic carbocycles. The van der Waals surface area contributed by atoms with Crippen LogP contribution in [0, 0.1) is 0 Å². The number of H-pyrrole nitrogens is 1. The summed E-state index contributed by atoms with van der Waals surface area (Å²) in [5, 5.41) is 0.370. The van der Waals surface area contributed by atoms with E-state index in [1.807, 2.05) is 36.4 Å². The Labute approximate surface area is 167 Å². The number of aromatic amines is 1. The lowest BCUT2D eigenvalue weighted by Gasteiger charge is -2.08. The van der Waals surface area contributed by atoms with Crippen molar-refractivity contribution in [2.75, 3.05) is 0 Å².